The number of pyridine rings is 1. The normalized spacial score (nSPS) is 17.0. The number of sulfone groups is 1. The largest absolute Gasteiger partial charge is 0.457 e. The number of carbonyl (C=O) groups excluding carboxylic acids is 1. The lowest BCUT2D eigenvalue weighted by atomic mass is 10.3. The molecule has 7 nitrogen and oxygen atoms in total. The Bertz CT molecular complexity index is 809. The van der Waals surface area contributed by atoms with Crippen LogP contribution in [-0.2, 0) is 14.6 Å². The van der Waals surface area contributed by atoms with E-state index in [1.165, 1.54) is 0 Å². The van der Waals surface area contributed by atoms with Gasteiger partial charge in [0.05, 0.1) is 18.1 Å². The van der Waals surface area contributed by atoms with Gasteiger partial charge in [0.1, 0.15) is 11.5 Å². The number of anilines is 1. The van der Waals surface area contributed by atoms with Crippen molar-refractivity contribution in [2.24, 2.45) is 0 Å². The number of ether oxygens (including phenoxy) is 1. The van der Waals surface area contributed by atoms with Gasteiger partial charge in [-0.3, -0.25) is 14.7 Å². The first kappa shape index (κ1) is 17.4. The monoisotopic (exact) mass is 361 g/mol. The van der Waals surface area contributed by atoms with Gasteiger partial charge in [0.25, 0.3) is 0 Å². The minimum absolute atomic E-state index is 0.112. The van der Waals surface area contributed by atoms with Gasteiger partial charge in [-0.2, -0.15) is 0 Å². The van der Waals surface area contributed by atoms with E-state index in [-0.39, 0.29) is 24.0 Å². The molecule has 1 fully saturated rings. The molecule has 3 rings (SSSR count). The number of hydrogen-bond acceptors (Lipinski definition) is 6. The second kappa shape index (κ2) is 7.62. The zero-order valence-electron chi connectivity index (χ0n) is 13.6. The van der Waals surface area contributed by atoms with Crippen molar-refractivity contribution in [1.82, 2.24) is 9.88 Å². The Labute approximate surface area is 146 Å². The van der Waals surface area contributed by atoms with Gasteiger partial charge in [-0.25, -0.2) is 8.42 Å². The Morgan fingerprint density at radius 2 is 1.64 bits per heavy atom. The highest BCUT2D eigenvalue weighted by molar-refractivity contribution is 7.91. The Hall–Kier alpha value is -2.45. The van der Waals surface area contributed by atoms with Crippen molar-refractivity contribution >= 4 is 21.4 Å². The number of nitrogens with one attached hydrogen (secondary N) is 1. The zero-order chi connectivity index (χ0) is 17.7. The van der Waals surface area contributed by atoms with Gasteiger partial charge in [0.2, 0.25) is 5.91 Å². The first-order chi connectivity index (χ1) is 12.0. The van der Waals surface area contributed by atoms with Crippen LogP contribution in [0.4, 0.5) is 5.69 Å². The van der Waals surface area contributed by atoms with Crippen LogP contribution in [0.25, 0.3) is 0 Å². The van der Waals surface area contributed by atoms with Crippen molar-refractivity contribution in [3.05, 3.63) is 48.8 Å². The molecular weight excluding hydrogens is 342 g/mol. The lowest BCUT2D eigenvalue weighted by molar-refractivity contribution is -0.117. The van der Waals surface area contributed by atoms with Crippen molar-refractivity contribution in [2.75, 3.05) is 36.5 Å². The quantitative estimate of drug-likeness (QED) is 0.869. The lowest BCUT2D eigenvalue weighted by Gasteiger charge is -2.25. The molecule has 0 aliphatic carbocycles. The molecule has 0 bridgehead atoms. The van der Waals surface area contributed by atoms with Crippen molar-refractivity contribution in [3.63, 3.8) is 0 Å². The van der Waals surface area contributed by atoms with E-state index in [4.69, 9.17) is 4.74 Å². The van der Waals surface area contributed by atoms with E-state index in [1.54, 1.807) is 48.8 Å². The fourth-order valence-corrected chi connectivity index (χ4v) is 3.74. The molecule has 1 saturated heterocycles. The van der Waals surface area contributed by atoms with Crippen LogP contribution in [0.2, 0.25) is 0 Å². The van der Waals surface area contributed by atoms with Gasteiger partial charge in [0, 0.05) is 31.2 Å². The van der Waals surface area contributed by atoms with Crippen LogP contribution in [0.3, 0.4) is 0 Å². The third-order valence-corrected chi connectivity index (χ3v) is 5.44. The van der Waals surface area contributed by atoms with Gasteiger partial charge in [-0.1, -0.05) is 0 Å². The van der Waals surface area contributed by atoms with Gasteiger partial charge in [-0.15, -0.1) is 0 Å². The average Bonchev–Trinajstić information content (AvgIpc) is 2.59. The Kier molecular flexibility index (Phi) is 5.30. The predicted octanol–water partition coefficient (Wildman–Crippen LogP) is 1.54. The molecule has 2 heterocycles. The maximum absolute atomic E-state index is 12.1. The molecule has 1 aliphatic rings. The van der Waals surface area contributed by atoms with E-state index in [0.29, 0.717) is 30.3 Å². The summed E-state index contributed by atoms with van der Waals surface area (Å²) in [6.07, 6.45) is 3.30. The molecule has 0 radical (unpaired) electrons. The van der Waals surface area contributed by atoms with Gasteiger partial charge in [-0.05, 0) is 36.4 Å². The van der Waals surface area contributed by atoms with Gasteiger partial charge in [0.15, 0.2) is 9.84 Å². The van der Waals surface area contributed by atoms with Crippen LogP contribution >= 0.6 is 0 Å². The molecule has 1 amide bonds. The number of nitrogens with zero attached hydrogens (tertiary/aromatic N) is 2. The molecule has 1 aliphatic heterocycles. The number of carbonyl (C=O) groups is 1. The summed E-state index contributed by atoms with van der Waals surface area (Å²) >= 11 is 0. The fourth-order valence-electron chi connectivity index (χ4n) is 2.46. The minimum atomic E-state index is -2.93. The summed E-state index contributed by atoms with van der Waals surface area (Å²) < 4.78 is 28.4. The number of benzene rings is 1. The summed E-state index contributed by atoms with van der Waals surface area (Å²) in [5.41, 5.74) is 0.664. The van der Waals surface area contributed by atoms with Crippen molar-refractivity contribution in [2.45, 2.75) is 0 Å². The summed E-state index contributed by atoms with van der Waals surface area (Å²) in [4.78, 5) is 17.8. The smallest absolute Gasteiger partial charge is 0.238 e. The van der Waals surface area contributed by atoms with Crippen LogP contribution in [0.1, 0.15) is 0 Å². The standard InChI is InChI=1S/C17H19N3O4S/c21-17(13-20-9-11-25(22,23)12-10-20)19-14-1-3-15(4-2-14)24-16-5-7-18-8-6-16/h1-8H,9-13H2,(H,19,21). The molecule has 1 aromatic carbocycles. The second-order valence-electron chi connectivity index (χ2n) is 5.79. The average molecular weight is 361 g/mol. The SMILES string of the molecule is O=C(CN1CCS(=O)(=O)CC1)Nc1ccc(Oc2ccncc2)cc1. The molecule has 8 heteroatoms. The van der Waals surface area contributed by atoms with E-state index in [0.717, 1.165) is 0 Å². The lowest BCUT2D eigenvalue weighted by Crippen LogP contribution is -2.43. The molecule has 0 spiro atoms. The van der Waals surface area contributed by atoms with Crippen molar-refractivity contribution < 1.29 is 17.9 Å². The molecule has 2 aromatic rings. The number of amides is 1. The minimum Gasteiger partial charge on any atom is -0.457 e. The van der Waals surface area contributed by atoms with E-state index in [9.17, 15) is 13.2 Å². The third kappa shape index (κ3) is 5.27. The number of rotatable bonds is 5. The van der Waals surface area contributed by atoms with E-state index < -0.39 is 9.84 Å². The first-order valence-corrected chi connectivity index (χ1v) is 9.73. The molecule has 0 saturated carbocycles. The summed E-state index contributed by atoms with van der Waals surface area (Å²) in [6, 6.07) is 10.6. The highest BCUT2D eigenvalue weighted by Gasteiger charge is 2.22. The molecule has 1 N–H and O–H groups in total. The van der Waals surface area contributed by atoms with E-state index in [2.05, 4.69) is 10.3 Å². The molecule has 0 atom stereocenters. The Balaban J connectivity index is 1.50. The van der Waals surface area contributed by atoms with Gasteiger partial charge >= 0.3 is 0 Å². The molecule has 1 aromatic heterocycles. The second-order valence-corrected chi connectivity index (χ2v) is 8.09. The van der Waals surface area contributed by atoms with Crippen molar-refractivity contribution in [1.29, 1.82) is 0 Å². The number of aromatic nitrogens is 1. The Morgan fingerprint density at radius 3 is 2.28 bits per heavy atom. The maximum Gasteiger partial charge on any atom is 0.238 e. The van der Waals surface area contributed by atoms with Crippen LogP contribution in [0.15, 0.2) is 48.8 Å². The van der Waals surface area contributed by atoms with Crippen LogP contribution in [-0.4, -0.2) is 55.3 Å². The van der Waals surface area contributed by atoms with Crippen LogP contribution in [0.5, 0.6) is 11.5 Å². The summed E-state index contributed by atoms with van der Waals surface area (Å²) in [6.45, 7) is 0.980. The first-order valence-electron chi connectivity index (χ1n) is 7.91. The summed E-state index contributed by atoms with van der Waals surface area (Å²) in [5, 5.41) is 2.81. The predicted molar refractivity (Wildman–Crippen MR) is 94.5 cm³/mol. The van der Waals surface area contributed by atoms with Crippen LogP contribution in [0, 0.1) is 0 Å². The summed E-state index contributed by atoms with van der Waals surface area (Å²) in [7, 11) is -2.93. The van der Waals surface area contributed by atoms with E-state index >= 15 is 0 Å². The van der Waals surface area contributed by atoms with Crippen molar-refractivity contribution in [3.8, 4) is 11.5 Å². The third-order valence-electron chi connectivity index (χ3n) is 3.83. The van der Waals surface area contributed by atoms with Crippen LogP contribution < -0.4 is 10.1 Å². The fraction of sp³-hybridized carbons (Fsp3) is 0.294. The topological polar surface area (TPSA) is 88.6 Å². The summed E-state index contributed by atoms with van der Waals surface area (Å²) in [5.74, 6) is 1.40. The number of hydrogen-bond donors (Lipinski definition) is 1. The molecule has 0 unspecified atom stereocenters. The Morgan fingerprint density at radius 1 is 1.04 bits per heavy atom. The van der Waals surface area contributed by atoms with E-state index in [1.807, 2.05) is 4.90 Å². The van der Waals surface area contributed by atoms with Gasteiger partial charge < -0.3 is 10.1 Å². The highest BCUT2D eigenvalue weighted by atomic mass is 32.2. The molecule has 132 valence electrons. The highest BCUT2D eigenvalue weighted by Crippen LogP contribution is 2.22. The maximum atomic E-state index is 12.1. The zero-order valence-corrected chi connectivity index (χ0v) is 14.4. The molecular formula is C17H19N3O4S. The molecule has 25 heavy (non-hydrogen) atoms.